The summed E-state index contributed by atoms with van der Waals surface area (Å²) >= 11 is 5.78. The highest BCUT2D eigenvalue weighted by molar-refractivity contribution is 7.89. The Morgan fingerprint density at radius 1 is 1.12 bits per heavy atom. The number of nitrogens with zero attached hydrogens (tertiary/aromatic N) is 1. The topological polar surface area (TPSA) is 83.6 Å². The normalized spacial score (nSPS) is 17.4. The first-order valence-corrected chi connectivity index (χ1v) is 9.50. The number of hydrogen-bond donors (Lipinski definition) is 1. The maximum absolute atomic E-state index is 13.1. The molecule has 1 N–H and O–H groups in total. The van der Waals surface area contributed by atoms with Gasteiger partial charge in [0.15, 0.2) is 0 Å². The summed E-state index contributed by atoms with van der Waals surface area (Å²) in [5.41, 5.74) is 0.429. The molecule has 0 radical (unpaired) electrons. The fraction of sp³-hybridized carbons (Fsp3) is 0.176. The van der Waals surface area contributed by atoms with Crippen molar-refractivity contribution in [2.75, 3.05) is 5.32 Å². The van der Waals surface area contributed by atoms with E-state index >= 15 is 0 Å². The molecule has 1 fully saturated rings. The Labute approximate surface area is 154 Å². The number of sulfonamides is 1. The van der Waals surface area contributed by atoms with Gasteiger partial charge in [-0.1, -0.05) is 11.6 Å². The number of anilines is 1. The molecular formula is C17H14ClFN2O4S. The molecule has 1 saturated heterocycles. The monoisotopic (exact) mass is 396 g/mol. The molecular weight excluding hydrogens is 383 g/mol. The second kappa shape index (κ2) is 7.05. The molecule has 6 nitrogen and oxygen atoms in total. The average molecular weight is 397 g/mol. The molecule has 2 aromatic rings. The highest BCUT2D eigenvalue weighted by Crippen LogP contribution is 2.28. The molecule has 2 amide bonds. The van der Waals surface area contributed by atoms with Crippen LogP contribution in [-0.2, 0) is 19.6 Å². The van der Waals surface area contributed by atoms with Crippen LogP contribution in [0.1, 0.15) is 12.8 Å². The summed E-state index contributed by atoms with van der Waals surface area (Å²) in [5.74, 6) is -1.90. The van der Waals surface area contributed by atoms with Crippen LogP contribution in [0.2, 0.25) is 5.02 Å². The maximum atomic E-state index is 13.1. The molecule has 0 spiro atoms. The van der Waals surface area contributed by atoms with E-state index in [-0.39, 0.29) is 17.7 Å². The van der Waals surface area contributed by atoms with E-state index in [0.29, 0.717) is 15.0 Å². The zero-order chi connectivity index (χ0) is 18.9. The Morgan fingerprint density at radius 3 is 2.35 bits per heavy atom. The molecule has 0 aliphatic carbocycles. The lowest BCUT2D eigenvalue weighted by Crippen LogP contribution is -2.45. The summed E-state index contributed by atoms with van der Waals surface area (Å²) in [4.78, 5) is 24.4. The first-order chi connectivity index (χ1) is 12.3. The number of halogens is 2. The van der Waals surface area contributed by atoms with Crippen LogP contribution in [0.15, 0.2) is 53.4 Å². The van der Waals surface area contributed by atoms with Gasteiger partial charge in [-0.2, -0.15) is 0 Å². The number of hydrogen-bond acceptors (Lipinski definition) is 4. The Morgan fingerprint density at radius 2 is 1.73 bits per heavy atom. The Kier molecular flexibility index (Phi) is 4.97. The van der Waals surface area contributed by atoms with E-state index < -0.39 is 33.7 Å². The first-order valence-electron chi connectivity index (χ1n) is 7.68. The van der Waals surface area contributed by atoms with Gasteiger partial charge < -0.3 is 5.32 Å². The quantitative estimate of drug-likeness (QED) is 0.861. The van der Waals surface area contributed by atoms with Crippen molar-refractivity contribution in [1.82, 2.24) is 4.31 Å². The molecule has 0 bridgehead atoms. The van der Waals surface area contributed by atoms with Crippen LogP contribution in [0.4, 0.5) is 10.1 Å². The highest BCUT2D eigenvalue weighted by Gasteiger charge is 2.44. The van der Waals surface area contributed by atoms with Gasteiger partial charge in [0.05, 0.1) is 4.90 Å². The van der Waals surface area contributed by atoms with Gasteiger partial charge >= 0.3 is 0 Å². The number of amides is 2. The molecule has 0 saturated carbocycles. The van der Waals surface area contributed by atoms with Crippen molar-refractivity contribution in [2.24, 2.45) is 0 Å². The fourth-order valence-electron chi connectivity index (χ4n) is 2.68. The fourth-order valence-corrected chi connectivity index (χ4v) is 4.41. The molecule has 9 heteroatoms. The largest absolute Gasteiger partial charge is 0.324 e. The molecule has 1 aliphatic rings. The van der Waals surface area contributed by atoms with Crippen LogP contribution in [-0.4, -0.2) is 30.6 Å². The van der Waals surface area contributed by atoms with Crippen molar-refractivity contribution in [3.05, 3.63) is 59.4 Å². The summed E-state index contributed by atoms with van der Waals surface area (Å²) in [6.45, 7) is 0. The third-order valence-electron chi connectivity index (χ3n) is 3.95. The van der Waals surface area contributed by atoms with E-state index in [2.05, 4.69) is 5.32 Å². The van der Waals surface area contributed by atoms with Crippen LogP contribution in [0.25, 0.3) is 0 Å². The average Bonchev–Trinajstić information content (AvgIpc) is 3.00. The summed E-state index contributed by atoms with van der Waals surface area (Å²) in [6, 6.07) is 9.19. The van der Waals surface area contributed by atoms with E-state index in [1.54, 1.807) is 24.3 Å². The van der Waals surface area contributed by atoms with Crippen molar-refractivity contribution in [3.8, 4) is 0 Å². The van der Waals surface area contributed by atoms with Crippen molar-refractivity contribution >= 4 is 39.1 Å². The van der Waals surface area contributed by atoms with Gasteiger partial charge in [0.2, 0.25) is 11.8 Å². The molecule has 1 aliphatic heterocycles. The van der Waals surface area contributed by atoms with Crippen molar-refractivity contribution in [3.63, 3.8) is 0 Å². The molecule has 1 atom stereocenters. The minimum absolute atomic E-state index is 0.0681. The Bertz CT molecular complexity index is 946. The van der Waals surface area contributed by atoms with Crippen LogP contribution < -0.4 is 5.32 Å². The maximum Gasteiger partial charge on any atom is 0.267 e. The van der Waals surface area contributed by atoms with Gasteiger partial charge in [0, 0.05) is 17.1 Å². The lowest BCUT2D eigenvalue weighted by molar-refractivity contribution is -0.128. The third kappa shape index (κ3) is 3.56. The number of benzene rings is 2. The number of carbonyl (C=O) groups excluding carboxylic acids is 2. The minimum Gasteiger partial charge on any atom is -0.324 e. The SMILES string of the molecule is O=C(Nc1ccc(Cl)cc1)C1CCC(=O)N1S(=O)(=O)c1ccc(F)cc1. The molecule has 3 rings (SSSR count). The molecule has 0 aromatic heterocycles. The molecule has 1 heterocycles. The summed E-state index contributed by atoms with van der Waals surface area (Å²) in [6.07, 6.45) is -0.00217. The molecule has 136 valence electrons. The van der Waals surface area contributed by atoms with Gasteiger partial charge in [0.1, 0.15) is 11.9 Å². The van der Waals surface area contributed by atoms with Gasteiger partial charge in [0.25, 0.3) is 10.0 Å². The zero-order valence-electron chi connectivity index (χ0n) is 13.4. The first kappa shape index (κ1) is 18.3. The standard InChI is InChI=1S/C17H14ClFN2O4S/c18-11-1-5-13(6-2-11)20-17(23)15-9-10-16(22)21(15)26(24,25)14-7-3-12(19)4-8-14/h1-8,15H,9-10H2,(H,20,23). The predicted octanol–water partition coefficient (Wildman–Crippen LogP) is 2.80. The molecule has 1 unspecified atom stereocenters. The lowest BCUT2D eigenvalue weighted by atomic mass is 10.2. The predicted molar refractivity (Wildman–Crippen MR) is 93.5 cm³/mol. The number of nitrogens with one attached hydrogen (secondary N) is 1. The second-order valence-corrected chi connectivity index (χ2v) is 7.95. The van der Waals surface area contributed by atoms with Gasteiger partial charge in [-0.15, -0.1) is 0 Å². The lowest BCUT2D eigenvalue weighted by Gasteiger charge is -2.23. The molecule has 2 aromatic carbocycles. The number of rotatable bonds is 4. The number of carbonyl (C=O) groups is 2. The summed E-state index contributed by atoms with van der Waals surface area (Å²) in [5, 5.41) is 3.06. The van der Waals surface area contributed by atoms with Gasteiger partial charge in [-0.05, 0) is 55.0 Å². The zero-order valence-corrected chi connectivity index (χ0v) is 14.9. The summed E-state index contributed by atoms with van der Waals surface area (Å²) in [7, 11) is -4.26. The van der Waals surface area contributed by atoms with Crippen molar-refractivity contribution in [1.29, 1.82) is 0 Å². The summed E-state index contributed by atoms with van der Waals surface area (Å²) < 4.78 is 39.1. The van der Waals surface area contributed by atoms with Gasteiger partial charge in [-0.3, -0.25) is 9.59 Å². The second-order valence-electron chi connectivity index (χ2n) is 5.70. The van der Waals surface area contributed by atoms with Crippen LogP contribution in [0, 0.1) is 5.82 Å². The Hall–Kier alpha value is -2.45. The smallest absolute Gasteiger partial charge is 0.267 e. The van der Waals surface area contributed by atoms with Crippen LogP contribution in [0.3, 0.4) is 0 Å². The van der Waals surface area contributed by atoms with Gasteiger partial charge in [-0.25, -0.2) is 17.1 Å². The van der Waals surface area contributed by atoms with Crippen molar-refractivity contribution in [2.45, 2.75) is 23.8 Å². The highest BCUT2D eigenvalue weighted by atomic mass is 35.5. The molecule has 26 heavy (non-hydrogen) atoms. The van der Waals surface area contributed by atoms with E-state index in [0.717, 1.165) is 24.3 Å². The van der Waals surface area contributed by atoms with E-state index in [1.165, 1.54) is 0 Å². The Balaban J connectivity index is 1.87. The van der Waals surface area contributed by atoms with Crippen LogP contribution in [0.5, 0.6) is 0 Å². The minimum atomic E-state index is -4.26. The van der Waals surface area contributed by atoms with E-state index in [1.807, 2.05) is 0 Å². The third-order valence-corrected chi connectivity index (χ3v) is 6.04. The van der Waals surface area contributed by atoms with E-state index in [4.69, 9.17) is 11.6 Å². The van der Waals surface area contributed by atoms with Crippen molar-refractivity contribution < 1.29 is 22.4 Å². The van der Waals surface area contributed by atoms with Crippen LogP contribution >= 0.6 is 11.6 Å². The van der Waals surface area contributed by atoms with E-state index in [9.17, 15) is 22.4 Å².